The van der Waals surface area contributed by atoms with Crippen LogP contribution in [-0.2, 0) is 4.74 Å². The molecule has 2 saturated heterocycles. The van der Waals surface area contributed by atoms with Gasteiger partial charge < -0.3 is 14.5 Å². The number of amides is 1. The maximum Gasteiger partial charge on any atom is 0.410 e. The molecule has 1 aromatic rings. The molecule has 1 aliphatic carbocycles. The van der Waals surface area contributed by atoms with Gasteiger partial charge in [0.05, 0.1) is 0 Å². The highest BCUT2D eigenvalue weighted by molar-refractivity contribution is 5.69. The highest BCUT2D eigenvalue weighted by Gasteiger charge is 2.61. The van der Waals surface area contributed by atoms with Crippen molar-refractivity contribution in [3.63, 3.8) is 0 Å². The minimum Gasteiger partial charge on any atom is -0.444 e. The molecule has 0 aromatic carbocycles. The van der Waals surface area contributed by atoms with Crippen LogP contribution in [0, 0.1) is 5.41 Å². The number of halogens is 2. The first-order valence-electron chi connectivity index (χ1n) is 9.11. The minimum atomic E-state index is -2.46. The zero-order valence-corrected chi connectivity index (χ0v) is 15.5. The highest BCUT2D eigenvalue weighted by atomic mass is 19.3. The van der Waals surface area contributed by atoms with Crippen molar-refractivity contribution in [1.29, 1.82) is 0 Å². The SMILES string of the molecule is CC(C)(C)OC(=O)N1CC(c2ccc(N3CC4(C3)CC(F)(F)C4)nc2)C1. The van der Waals surface area contributed by atoms with Gasteiger partial charge in [-0.1, -0.05) is 6.07 Å². The molecule has 1 aromatic heterocycles. The Labute approximate surface area is 152 Å². The number of rotatable bonds is 2. The number of likely N-dealkylation sites (tertiary alicyclic amines) is 1. The van der Waals surface area contributed by atoms with E-state index < -0.39 is 11.5 Å². The van der Waals surface area contributed by atoms with E-state index in [0.29, 0.717) is 26.2 Å². The quantitative estimate of drug-likeness (QED) is 0.803. The molecule has 2 aliphatic heterocycles. The first-order chi connectivity index (χ1) is 12.0. The number of hydrogen-bond donors (Lipinski definition) is 0. The molecule has 0 N–H and O–H groups in total. The molecule has 3 heterocycles. The van der Waals surface area contributed by atoms with Crippen LogP contribution in [0.15, 0.2) is 18.3 Å². The standard InChI is InChI=1S/C19H25F2N3O2/c1-17(2,3)26-16(25)23-7-14(8-23)13-4-5-15(22-6-13)24-11-18(12-24)9-19(20,21)10-18/h4-6,14H,7-12H2,1-3H3. The van der Waals surface area contributed by atoms with Crippen molar-refractivity contribution >= 4 is 11.9 Å². The summed E-state index contributed by atoms with van der Waals surface area (Å²) in [5.41, 5.74) is 0.426. The van der Waals surface area contributed by atoms with Crippen LogP contribution in [0.4, 0.5) is 19.4 Å². The molecule has 1 saturated carbocycles. The van der Waals surface area contributed by atoms with Gasteiger partial charge in [-0.25, -0.2) is 18.6 Å². The van der Waals surface area contributed by atoms with Crippen LogP contribution >= 0.6 is 0 Å². The molecular weight excluding hydrogens is 340 g/mol. The van der Waals surface area contributed by atoms with E-state index in [9.17, 15) is 13.6 Å². The lowest BCUT2D eigenvalue weighted by atomic mass is 9.61. The van der Waals surface area contributed by atoms with Crippen LogP contribution in [0.2, 0.25) is 0 Å². The summed E-state index contributed by atoms with van der Waals surface area (Å²) < 4.78 is 31.5. The van der Waals surface area contributed by atoms with Crippen LogP contribution < -0.4 is 4.90 Å². The van der Waals surface area contributed by atoms with Crippen LogP contribution in [0.3, 0.4) is 0 Å². The summed E-state index contributed by atoms with van der Waals surface area (Å²) in [5, 5.41) is 0. The first kappa shape index (κ1) is 17.5. The van der Waals surface area contributed by atoms with E-state index in [2.05, 4.69) is 9.88 Å². The van der Waals surface area contributed by atoms with Crippen molar-refractivity contribution in [2.45, 2.75) is 51.1 Å². The zero-order valence-electron chi connectivity index (χ0n) is 15.5. The van der Waals surface area contributed by atoms with Crippen LogP contribution in [0.25, 0.3) is 0 Å². The third-order valence-electron chi connectivity index (χ3n) is 5.42. The Kier molecular flexibility index (Phi) is 3.72. The molecule has 0 bridgehead atoms. The van der Waals surface area contributed by atoms with Gasteiger partial charge in [-0.15, -0.1) is 0 Å². The van der Waals surface area contributed by atoms with E-state index in [1.165, 1.54) is 0 Å². The number of nitrogens with zero attached hydrogens (tertiary/aromatic N) is 3. The summed E-state index contributed by atoms with van der Waals surface area (Å²) in [6.07, 6.45) is 1.59. The van der Waals surface area contributed by atoms with Crippen LogP contribution in [0.1, 0.15) is 45.1 Å². The van der Waals surface area contributed by atoms with Gasteiger partial charge in [0.2, 0.25) is 5.92 Å². The van der Waals surface area contributed by atoms with E-state index in [4.69, 9.17) is 4.74 Å². The number of ether oxygens (including phenoxy) is 1. The normalized spacial score (nSPS) is 23.9. The fourth-order valence-corrected chi connectivity index (χ4v) is 4.19. The third-order valence-corrected chi connectivity index (χ3v) is 5.42. The maximum absolute atomic E-state index is 13.1. The summed E-state index contributed by atoms with van der Waals surface area (Å²) >= 11 is 0. The molecule has 26 heavy (non-hydrogen) atoms. The topological polar surface area (TPSA) is 45.7 Å². The molecule has 7 heteroatoms. The summed E-state index contributed by atoms with van der Waals surface area (Å²) in [6.45, 7) is 8.19. The number of hydrogen-bond acceptors (Lipinski definition) is 4. The van der Waals surface area contributed by atoms with Gasteiger partial charge in [-0.05, 0) is 32.4 Å². The number of pyridine rings is 1. The van der Waals surface area contributed by atoms with Gasteiger partial charge in [0.25, 0.3) is 0 Å². The number of carbonyl (C=O) groups is 1. The van der Waals surface area contributed by atoms with E-state index in [1.807, 2.05) is 39.1 Å². The maximum atomic E-state index is 13.1. The van der Waals surface area contributed by atoms with Crippen LogP contribution in [0.5, 0.6) is 0 Å². The number of alkyl halides is 2. The van der Waals surface area contributed by atoms with Gasteiger partial charge in [-0.2, -0.15) is 0 Å². The second-order valence-electron chi connectivity index (χ2n) is 9.10. The molecular formula is C19H25F2N3O2. The molecule has 1 amide bonds. The Bertz CT molecular complexity index is 692. The summed E-state index contributed by atoms with van der Waals surface area (Å²) in [7, 11) is 0. The lowest BCUT2D eigenvalue weighted by Gasteiger charge is -2.59. The number of aromatic nitrogens is 1. The van der Waals surface area contributed by atoms with E-state index in [0.717, 1.165) is 11.4 Å². The van der Waals surface area contributed by atoms with E-state index >= 15 is 0 Å². The zero-order chi connectivity index (χ0) is 18.7. The minimum absolute atomic E-state index is 0.0111. The Hall–Kier alpha value is -1.92. The Balaban J connectivity index is 1.27. The van der Waals surface area contributed by atoms with Gasteiger partial charge in [0.1, 0.15) is 11.4 Å². The lowest BCUT2D eigenvalue weighted by Crippen LogP contribution is -2.66. The molecule has 3 aliphatic rings. The molecule has 3 fully saturated rings. The fraction of sp³-hybridized carbons (Fsp3) is 0.684. The van der Waals surface area contributed by atoms with Crippen molar-refractivity contribution in [3.05, 3.63) is 23.9 Å². The van der Waals surface area contributed by atoms with Crippen molar-refractivity contribution in [2.75, 3.05) is 31.1 Å². The van der Waals surface area contributed by atoms with E-state index in [1.54, 1.807) is 4.90 Å². The number of anilines is 1. The third kappa shape index (κ3) is 3.23. The van der Waals surface area contributed by atoms with Crippen molar-refractivity contribution < 1.29 is 18.3 Å². The fourth-order valence-electron chi connectivity index (χ4n) is 4.19. The van der Waals surface area contributed by atoms with Gasteiger partial charge in [0.15, 0.2) is 0 Å². The average molecular weight is 365 g/mol. The predicted molar refractivity (Wildman–Crippen MR) is 93.6 cm³/mol. The van der Waals surface area contributed by atoms with Gasteiger partial charge in [0, 0.05) is 56.6 Å². The van der Waals surface area contributed by atoms with Crippen molar-refractivity contribution in [1.82, 2.24) is 9.88 Å². The summed E-state index contributed by atoms with van der Waals surface area (Å²) in [5.74, 6) is -1.34. The smallest absolute Gasteiger partial charge is 0.410 e. The second-order valence-corrected chi connectivity index (χ2v) is 9.10. The Morgan fingerprint density at radius 2 is 1.88 bits per heavy atom. The van der Waals surface area contributed by atoms with Gasteiger partial charge in [-0.3, -0.25) is 0 Å². The summed E-state index contributed by atoms with van der Waals surface area (Å²) in [4.78, 5) is 20.2. The van der Waals surface area contributed by atoms with E-state index in [-0.39, 0.29) is 30.3 Å². The molecule has 5 nitrogen and oxygen atoms in total. The van der Waals surface area contributed by atoms with Crippen LogP contribution in [-0.4, -0.2) is 53.7 Å². The Morgan fingerprint density at radius 3 is 2.38 bits per heavy atom. The summed E-state index contributed by atoms with van der Waals surface area (Å²) in [6, 6.07) is 3.98. The second kappa shape index (κ2) is 5.54. The molecule has 0 unspecified atom stereocenters. The van der Waals surface area contributed by atoms with Gasteiger partial charge >= 0.3 is 6.09 Å². The Morgan fingerprint density at radius 1 is 1.23 bits per heavy atom. The molecule has 1 spiro atoms. The highest BCUT2D eigenvalue weighted by Crippen LogP contribution is 2.57. The number of carbonyl (C=O) groups excluding carboxylic acids is 1. The molecule has 0 atom stereocenters. The molecule has 142 valence electrons. The van der Waals surface area contributed by atoms with Crippen molar-refractivity contribution in [2.24, 2.45) is 5.41 Å². The molecule has 0 radical (unpaired) electrons. The predicted octanol–water partition coefficient (Wildman–Crippen LogP) is 3.65. The molecule has 4 rings (SSSR count). The largest absolute Gasteiger partial charge is 0.444 e. The van der Waals surface area contributed by atoms with Crippen molar-refractivity contribution in [3.8, 4) is 0 Å². The average Bonchev–Trinajstić information content (AvgIpc) is 2.39. The first-order valence-corrected chi connectivity index (χ1v) is 9.11. The lowest BCUT2D eigenvalue weighted by molar-refractivity contribution is -0.170. The monoisotopic (exact) mass is 365 g/mol.